The zero-order valence-electron chi connectivity index (χ0n) is 18.2. The molecule has 5 rings (SSSR count). The molecule has 2 fully saturated rings. The molecule has 7 heteroatoms. The van der Waals surface area contributed by atoms with E-state index >= 15 is 0 Å². The van der Waals surface area contributed by atoms with Crippen molar-refractivity contribution < 1.29 is 14.3 Å². The van der Waals surface area contributed by atoms with Crippen LogP contribution in [0.15, 0.2) is 36.7 Å². The number of aromatic nitrogens is 3. The number of amides is 1. The minimum absolute atomic E-state index is 0.155. The Morgan fingerprint density at radius 2 is 1.94 bits per heavy atom. The highest BCUT2D eigenvalue weighted by Crippen LogP contribution is 2.43. The van der Waals surface area contributed by atoms with Crippen LogP contribution in [0, 0.1) is 18.8 Å². The van der Waals surface area contributed by atoms with Crippen molar-refractivity contribution >= 4 is 11.6 Å². The summed E-state index contributed by atoms with van der Waals surface area (Å²) in [4.78, 5) is 22.4. The maximum atomic E-state index is 13.2. The fraction of sp³-hybridized carbons (Fsp3) is 0.458. The van der Waals surface area contributed by atoms with Gasteiger partial charge in [0.05, 0.1) is 18.9 Å². The molecular formula is C24H28N4O3. The van der Waals surface area contributed by atoms with Crippen molar-refractivity contribution in [2.24, 2.45) is 11.8 Å². The van der Waals surface area contributed by atoms with E-state index in [0.29, 0.717) is 29.3 Å². The Bertz CT molecular complexity index is 1110. The number of carbonyl (C=O) groups excluding carboxylic acids is 1. The Kier molecular flexibility index (Phi) is 5.14. The van der Waals surface area contributed by atoms with Crippen molar-refractivity contribution in [1.29, 1.82) is 0 Å². The van der Waals surface area contributed by atoms with E-state index in [4.69, 9.17) is 14.5 Å². The van der Waals surface area contributed by atoms with E-state index < -0.39 is 0 Å². The molecule has 162 valence electrons. The lowest BCUT2D eigenvalue weighted by atomic mass is 9.82. The topological polar surface area (TPSA) is 77.8 Å². The van der Waals surface area contributed by atoms with Crippen LogP contribution in [0.4, 0.5) is 0 Å². The van der Waals surface area contributed by atoms with Gasteiger partial charge in [-0.2, -0.15) is 0 Å². The molecule has 0 unspecified atom stereocenters. The summed E-state index contributed by atoms with van der Waals surface area (Å²) < 4.78 is 12.9. The van der Waals surface area contributed by atoms with Gasteiger partial charge in [-0.25, -0.2) is 9.97 Å². The first-order valence-corrected chi connectivity index (χ1v) is 10.9. The molecule has 0 aliphatic heterocycles. The molecule has 1 amide bonds. The highest BCUT2D eigenvalue weighted by Gasteiger charge is 2.43. The zero-order chi connectivity index (χ0) is 21.5. The molecule has 2 saturated carbocycles. The second-order valence-electron chi connectivity index (χ2n) is 8.74. The summed E-state index contributed by atoms with van der Waals surface area (Å²) in [5.41, 5.74) is 3.63. The summed E-state index contributed by atoms with van der Waals surface area (Å²) in [5, 5.41) is 3.23. The van der Waals surface area contributed by atoms with E-state index in [1.54, 1.807) is 20.5 Å². The third kappa shape index (κ3) is 3.57. The second-order valence-corrected chi connectivity index (χ2v) is 8.74. The van der Waals surface area contributed by atoms with Crippen molar-refractivity contribution in [1.82, 2.24) is 19.7 Å². The van der Waals surface area contributed by atoms with Crippen molar-refractivity contribution in [2.45, 2.75) is 44.8 Å². The number of hydrogen-bond acceptors (Lipinski definition) is 5. The Morgan fingerprint density at radius 1 is 1.16 bits per heavy atom. The number of nitrogens with zero attached hydrogens (tertiary/aromatic N) is 3. The molecule has 1 N–H and O–H groups in total. The van der Waals surface area contributed by atoms with Gasteiger partial charge < -0.3 is 14.8 Å². The molecule has 1 aromatic carbocycles. The summed E-state index contributed by atoms with van der Waals surface area (Å²) in [6.45, 7) is 1.99. The molecule has 2 aromatic heterocycles. The number of hydrogen-bond donors (Lipinski definition) is 1. The van der Waals surface area contributed by atoms with E-state index in [9.17, 15) is 4.79 Å². The number of ether oxygens (including phenoxy) is 2. The molecular weight excluding hydrogens is 392 g/mol. The molecule has 0 spiro atoms. The number of methoxy groups -OCH3 is 2. The average molecular weight is 421 g/mol. The number of imidazole rings is 1. The third-order valence-electron chi connectivity index (χ3n) is 6.89. The summed E-state index contributed by atoms with van der Waals surface area (Å²) in [6, 6.07) is 9.92. The molecule has 2 aliphatic carbocycles. The number of rotatable bonds is 5. The Balaban J connectivity index is 1.42. The summed E-state index contributed by atoms with van der Waals surface area (Å²) in [7, 11) is 3.45. The molecule has 0 saturated heterocycles. The van der Waals surface area contributed by atoms with Crippen molar-refractivity contribution in [3.8, 4) is 17.0 Å². The van der Waals surface area contributed by atoms with E-state index in [0.717, 1.165) is 35.5 Å². The summed E-state index contributed by atoms with van der Waals surface area (Å²) in [5.74, 6) is 1.68. The fourth-order valence-corrected chi connectivity index (χ4v) is 5.44. The van der Waals surface area contributed by atoms with Crippen molar-refractivity contribution in [2.75, 3.05) is 14.2 Å². The first-order chi connectivity index (χ1) is 15.1. The quantitative estimate of drug-likeness (QED) is 0.682. The van der Waals surface area contributed by atoms with Gasteiger partial charge in [-0.1, -0.05) is 12.1 Å². The van der Waals surface area contributed by atoms with Crippen LogP contribution >= 0.6 is 0 Å². The Hall–Kier alpha value is -2.93. The predicted molar refractivity (Wildman–Crippen MR) is 117 cm³/mol. The fourth-order valence-electron chi connectivity index (χ4n) is 5.44. The van der Waals surface area contributed by atoms with Gasteiger partial charge in [0.25, 0.3) is 5.91 Å². The Morgan fingerprint density at radius 3 is 2.65 bits per heavy atom. The van der Waals surface area contributed by atoms with E-state index in [-0.39, 0.29) is 11.9 Å². The number of benzene rings is 1. The predicted octanol–water partition coefficient (Wildman–Crippen LogP) is 3.65. The highest BCUT2D eigenvalue weighted by atomic mass is 16.5. The minimum Gasteiger partial charge on any atom is -0.497 e. The molecule has 2 heterocycles. The standard InChI is InChI=1S/C24H28N4O3/c1-14-9-20(15-5-4-6-19(12-15)30-2)27-23-21(25-13-28(14)23)24(29)26-18-10-16-7-8-17(11-18)22(16)31-3/h4-6,9,12-13,16-18,22H,7-8,10-11H2,1-3H3,(H,26,29)/t16-,17+,18+,22-. The van der Waals surface area contributed by atoms with Crippen molar-refractivity contribution in [3.63, 3.8) is 0 Å². The number of fused-ring (bicyclic) bond motifs is 3. The molecule has 31 heavy (non-hydrogen) atoms. The largest absolute Gasteiger partial charge is 0.497 e. The maximum Gasteiger partial charge on any atom is 0.274 e. The van der Waals surface area contributed by atoms with E-state index in [1.165, 1.54) is 12.8 Å². The van der Waals surface area contributed by atoms with E-state index in [1.807, 2.05) is 41.7 Å². The third-order valence-corrected chi connectivity index (χ3v) is 6.89. The second kappa shape index (κ2) is 7.96. The number of carbonyl (C=O) groups is 1. The highest BCUT2D eigenvalue weighted by molar-refractivity contribution is 5.98. The van der Waals surface area contributed by atoms with Crippen LogP contribution in [-0.2, 0) is 4.74 Å². The zero-order valence-corrected chi connectivity index (χ0v) is 18.2. The van der Waals surface area contributed by atoms with Gasteiger partial charge >= 0.3 is 0 Å². The Labute approximate surface area is 181 Å². The van der Waals surface area contributed by atoms with Crippen LogP contribution in [0.1, 0.15) is 41.9 Å². The summed E-state index contributed by atoms with van der Waals surface area (Å²) >= 11 is 0. The lowest BCUT2D eigenvalue weighted by molar-refractivity contribution is 0.00603. The maximum absolute atomic E-state index is 13.2. The lowest BCUT2D eigenvalue weighted by Gasteiger charge is -2.34. The SMILES string of the molecule is COc1cccc(-c2cc(C)n3cnc(C(=O)N[C@H]4C[C@H]5CC[C@@H](C4)[C@@H]5OC)c3n2)c1. The van der Waals surface area contributed by atoms with Crippen LogP contribution in [0.5, 0.6) is 5.75 Å². The normalized spacial score (nSPS) is 25.0. The van der Waals surface area contributed by atoms with Gasteiger partial charge in [0, 0.05) is 24.4 Å². The van der Waals surface area contributed by atoms with Crippen LogP contribution < -0.4 is 10.1 Å². The van der Waals surface area contributed by atoms with Crippen LogP contribution in [-0.4, -0.2) is 46.6 Å². The first kappa shape index (κ1) is 20.0. The molecule has 7 nitrogen and oxygen atoms in total. The number of nitrogens with one attached hydrogen (secondary N) is 1. The molecule has 2 aliphatic rings. The monoisotopic (exact) mass is 420 g/mol. The van der Waals surface area contributed by atoms with Gasteiger partial charge in [-0.15, -0.1) is 0 Å². The molecule has 0 radical (unpaired) electrons. The van der Waals surface area contributed by atoms with Crippen LogP contribution in [0.3, 0.4) is 0 Å². The summed E-state index contributed by atoms with van der Waals surface area (Å²) in [6.07, 6.45) is 6.33. The first-order valence-electron chi connectivity index (χ1n) is 10.9. The van der Waals surface area contributed by atoms with Gasteiger partial charge in [-0.3, -0.25) is 9.20 Å². The van der Waals surface area contributed by atoms with Crippen molar-refractivity contribution in [3.05, 3.63) is 48.0 Å². The van der Waals surface area contributed by atoms with Gasteiger partial charge in [0.1, 0.15) is 12.1 Å². The molecule has 4 atom stereocenters. The average Bonchev–Trinajstić information content (AvgIpc) is 3.32. The smallest absolute Gasteiger partial charge is 0.274 e. The van der Waals surface area contributed by atoms with Gasteiger partial charge in [-0.05, 0) is 62.6 Å². The van der Waals surface area contributed by atoms with E-state index in [2.05, 4.69) is 10.3 Å². The molecule has 2 bridgehead atoms. The lowest BCUT2D eigenvalue weighted by Crippen LogP contribution is -2.44. The molecule has 3 aromatic rings. The minimum atomic E-state index is -0.155. The van der Waals surface area contributed by atoms with Crippen LogP contribution in [0.2, 0.25) is 0 Å². The van der Waals surface area contributed by atoms with Crippen LogP contribution in [0.25, 0.3) is 16.9 Å². The van der Waals surface area contributed by atoms with Gasteiger partial charge in [0.2, 0.25) is 0 Å². The number of aryl methyl sites for hydroxylation is 1. The van der Waals surface area contributed by atoms with Gasteiger partial charge in [0.15, 0.2) is 11.3 Å².